The first kappa shape index (κ1) is 75.8. The lowest BCUT2D eigenvalue weighted by Crippen LogP contribution is -2.61. The Balaban J connectivity index is 1.44. The molecule has 0 aliphatic heterocycles. The van der Waals surface area contributed by atoms with Crippen molar-refractivity contribution in [2.75, 3.05) is 19.8 Å². The number of amides is 10. The quantitative estimate of drug-likeness (QED) is 0.0117. The van der Waals surface area contributed by atoms with Gasteiger partial charge < -0.3 is 90.5 Å². The van der Waals surface area contributed by atoms with Crippen LogP contribution in [0.1, 0.15) is 114 Å². The molecule has 4 aromatic rings. The molecule has 29 nitrogen and oxygen atoms in total. The second-order valence-electron chi connectivity index (χ2n) is 24.1. The van der Waals surface area contributed by atoms with E-state index in [2.05, 4.69) is 64.4 Å². The number of carboxylic acid groups (broad SMARTS) is 1. The Morgan fingerprint density at radius 2 is 1.08 bits per heavy atom. The lowest BCUT2D eigenvalue weighted by molar-refractivity contribution is -0.141. The number of H-pyrrole nitrogens is 1. The number of primary amides is 1. The van der Waals surface area contributed by atoms with Crippen molar-refractivity contribution in [1.82, 2.24) is 52.8 Å². The maximum Gasteiger partial charge on any atom is 0.305 e. The molecule has 1 heterocycles. The van der Waals surface area contributed by atoms with E-state index in [1.165, 1.54) is 30.3 Å². The molecule has 0 spiro atoms. The monoisotopic (exact) mass is 1320 g/mol. The number of hydrogen-bond donors (Lipinski definition) is 17. The van der Waals surface area contributed by atoms with Crippen LogP contribution in [-0.4, -0.2) is 171 Å². The molecule has 0 radical (unpaired) electrons. The molecule has 1 aliphatic carbocycles. The zero-order valence-corrected chi connectivity index (χ0v) is 53.6. The molecule has 1 aromatic heterocycles. The van der Waals surface area contributed by atoms with Gasteiger partial charge >= 0.3 is 5.97 Å². The largest absolute Gasteiger partial charge is 0.508 e. The smallest absolute Gasteiger partial charge is 0.305 e. The number of allylic oxidation sites excluding steroid dienone is 1. The highest BCUT2D eigenvalue weighted by Crippen LogP contribution is 2.28. The molecule has 1 saturated carbocycles. The molecule has 1 fully saturated rings. The fourth-order valence-electron chi connectivity index (χ4n) is 11.0. The van der Waals surface area contributed by atoms with Gasteiger partial charge in [-0.15, -0.1) is 6.58 Å². The van der Waals surface area contributed by atoms with Gasteiger partial charge in [0.05, 0.1) is 13.0 Å². The number of fused-ring (bicyclic) bond motifs is 1. The van der Waals surface area contributed by atoms with E-state index in [-0.39, 0.29) is 87.9 Å². The predicted octanol–water partition coefficient (Wildman–Crippen LogP) is -0.364. The number of aliphatic hydroxyl groups excluding tert-OH is 2. The molecule has 95 heavy (non-hydrogen) atoms. The Morgan fingerprint density at radius 3 is 1.64 bits per heavy atom. The van der Waals surface area contributed by atoms with E-state index in [1.807, 2.05) is 0 Å². The number of aliphatic carboxylic acids is 1. The molecule has 0 unspecified atom stereocenters. The average Bonchev–Trinajstić information content (AvgIpc) is 1.71. The Hall–Kier alpha value is -9.90. The number of aliphatic hydroxyl groups is 2. The number of rotatable bonds is 40. The minimum absolute atomic E-state index is 0.0127. The Bertz CT molecular complexity index is 3280. The van der Waals surface area contributed by atoms with E-state index in [4.69, 9.17) is 17.2 Å². The summed E-state index contributed by atoms with van der Waals surface area (Å²) in [5.74, 6) is -11.1. The van der Waals surface area contributed by atoms with Crippen molar-refractivity contribution >= 4 is 81.9 Å². The third-order valence-electron chi connectivity index (χ3n) is 16.0. The van der Waals surface area contributed by atoms with E-state index in [0.717, 1.165) is 30.2 Å². The normalized spacial score (nSPS) is 15.1. The maximum absolute atomic E-state index is 14.8. The molecular formula is C66H92N14O15. The van der Waals surface area contributed by atoms with Gasteiger partial charge in [0.25, 0.3) is 0 Å². The van der Waals surface area contributed by atoms with Gasteiger partial charge in [0, 0.05) is 55.9 Å². The van der Waals surface area contributed by atoms with E-state index < -0.39 is 145 Å². The van der Waals surface area contributed by atoms with Crippen molar-refractivity contribution in [3.63, 3.8) is 0 Å². The predicted molar refractivity (Wildman–Crippen MR) is 352 cm³/mol. The van der Waals surface area contributed by atoms with Crippen LogP contribution in [0.3, 0.4) is 0 Å². The third kappa shape index (κ3) is 25.8. The van der Waals surface area contributed by atoms with Crippen LogP contribution in [-0.2, 0) is 72.0 Å². The summed E-state index contributed by atoms with van der Waals surface area (Å²) in [5.41, 5.74) is 18.9. The van der Waals surface area contributed by atoms with E-state index >= 15 is 0 Å². The van der Waals surface area contributed by atoms with Crippen molar-refractivity contribution < 1.29 is 73.2 Å². The first-order chi connectivity index (χ1) is 45.4. The standard InChI is InChI=1S/C66H92N14O15/c1-4-5-22-55(84)72-53(35-56(85)86)65(95)78-50(32-40-17-10-7-11-18-40)63(93)77-49(31-39-15-8-6-9-16-39)61(91)74-47(27-29-81)59(89)73-46(21-14-28-70-66(68)69)58(88)76-51(33-41-23-25-43(83)26-24-41)62(92)75-48(30-38(2)3)60(90)79-52(64(94)80-54(37-82)57(67)87)34-42-36-71-45-20-13-12-19-44(42)45/h4,6,8-9,12-13,15-16,19-20,23-26,36,38,40,46-54,71,81-83H,1,5,7,10-11,14,17-18,21-22,27-35,37H2,2-3H3,(H2,67,87)(H,72,84)(H,73,89)(H,74,91)(H,75,92)(H,76,88)(H,77,93)(H,78,95)(H,79,90)(H,80,94)(H,85,86)(H4,68,69,70)/t46-,47-,48+,49+,50+,51+,52+,53+,54+/m1/s1. The molecule has 516 valence electrons. The number of guanidine groups is 1. The SMILES string of the molecule is C=CCCC(=O)N[C@@H](CC(=O)O)C(=O)N[C@@H](CC1CCCCC1)C(=O)N[C@@H](Cc1ccccc1)C(=O)N[C@H](CCO)C(=O)N[C@H](CCCN=C(N)N)C(=O)N[C@@H](Cc1ccc(O)cc1)C(=O)N[C@@H](CC(C)C)C(=O)N[C@@H](Cc1c[nH]c2ccccc12)C(=O)N[C@@H](CO)C(N)=O. The van der Waals surface area contributed by atoms with Crippen LogP contribution < -0.4 is 65.1 Å². The third-order valence-corrected chi connectivity index (χ3v) is 16.0. The highest BCUT2D eigenvalue weighted by Gasteiger charge is 2.37. The molecule has 29 heteroatoms. The molecule has 3 aromatic carbocycles. The molecule has 20 N–H and O–H groups in total. The average molecular weight is 1320 g/mol. The van der Waals surface area contributed by atoms with Crippen LogP contribution in [0, 0.1) is 11.8 Å². The van der Waals surface area contributed by atoms with Crippen molar-refractivity contribution in [3.8, 4) is 5.75 Å². The number of phenols is 1. The van der Waals surface area contributed by atoms with Crippen molar-refractivity contribution in [1.29, 1.82) is 0 Å². The highest BCUT2D eigenvalue weighted by molar-refractivity contribution is 5.99. The number of aromatic nitrogens is 1. The van der Waals surface area contributed by atoms with Crippen LogP contribution >= 0.6 is 0 Å². The first-order valence-electron chi connectivity index (χ1n) is 31.9. The molecule has 10 amide bonds. The van der Waals surface area contributed by atoms with Gasteiger partial charge in [0.2, 0.25) is 59.1 Å². The number of nitrogens with zero attached hydrogens (tertiary/aromatic N) is 1. The molecule has 1 aliphatic rings. The lowest BCUT2D eigenvalue weighted by atomic mass is 9.84. The van der Waals surface area contributed by atoms with Gasteiger partial charge in [0.1, 0.15) is 60.1 Å². The van der Waals surface area contributed by atoms with Gasteiger partial charge in [-0.1, -0.05) is 113 Å². The van der Waals surface area contributed by atoms with Crippen molar-refractivity contribution in [2.24, 2.45) is 34.0 Å². The minimum Gasteiger partial charge on any atom is -0.508 e. The lowest BCUT2D eigenvalue weighted by Gasteiger charge is -2.30. The van der Waals surface area contributed by atoms with Crippen molar-refractivity contribution in [3.05, 3.63) is 114 Å². The summed E-state index contributed by atoms with van der Waals surface area (Å²) < 4.78 is 0. The Morgan fingerprint density at radius 1 is 0.589 bits per heavy atom. The fraction of sp³-hybridized carbons (Fsp3) is 0.485. The summed E-state index contributed by atoms with van der Waals surface area (Å²) >= 11 is 0. The first-order valence-corrected chi connectivity index (χ1v) is 31.9. The molecule has 0 saturated heterocycles. The van der Waals surface area contributed by atoms with Gasteiger partial charge in [-0.3, -0.25) is 57.7 Å². The Kier molecular flexibility index (Phi) is 31.1. The van der Waals surface area contributed by atoms with Crippen LogP contribution in [0.2, 0.25) is 0 Å². The number of hydrogen-bond acceptors (Lipinski definition) is 15. The molecule has 0 bridgehead atoms. The number of carbonyl (C=O) groups is 11. The van der Waals surface area contributed by atoms with E-state index in [0.29, 0.717) is 29.5 Å². The second-order valence-corrected chi connectivity index (χ2v) is 24.1. The number of nitrogens with one attached hydrogen (secondary N) is 10. The van der Waals surface area contributed by atoms with Crippen LogP contribution in [0.5, 0.6) is 5.75 Å². The summed E-state index contributed by atoms with van der Waals surface area (Å²) in [6.45, 7) is 5.56. The minimum atomic E-state index is -1.60. The number of aliphatic imine (C=N–C) groups is 1. The van der Waals surface area contributed by atoms with Crippen molar-refractivity contribution in [2.45, 2.75) is 171 Å². The zero-order chi connectivity index (χ0) is 69.6. The van der Waals surface area contributed by atoms with E-state index in [1.54, 1.807) is 74.6 Å². The summed E-state index contributed by atoms with van der Waals surface area (Å²) in [4.78, 5) is 160. The van der Waals surface area contributed by atoms with Gasteiger partial charge in [0.15, 0.2) is 5.96 Å². The van der Waals surface area contributed by atoms with Gasteiger partial charge in [-0.25, -0.2) is 0 Å². The topological polar surface area (TPSA) is 483 Å². The second kappa shape index (κ2) is 39.0. The maximum atomic E-state index is 14.8. The Labute approximate surface area is 550 Å². The summed E-state index contributed by atoms with van der Waals surface area (Å²) in [6, 6.07) is 7.98. The van der Waals surface area contributed by atoms with Crippen LogP contribution in [0.15, 0.2) is 103 Å². The highest BCUT2D eigenvalue weighted by atomic mass is 16.4. The van der Waals surface area contributed by atoms with Crippen LogP contribution in [0.25, 0.3) is 10.9 Å². The summed E-state index contributed by atoms with van der Waals surface area (Å²) in [7, 11) is 0. The molecule has 9 atom stereocenters. The number of aromatic amines is 1. The fourth-order valence-corrected chi connectivity index (χ4v) is 11.0. The number of carboxylic acids is 1. The summed E-state index contributed by atoms with van der Waals surface area (Å²) in [6.07, 6.45) is 5.52. The zero-order valence-electron chi connectivity index (χ0n) is 53.6. The number of para-hydroxylation sites is 1. The molecule has 5 rings (SSSR count). The number of aromatic hydroxyl groups is 1. The van der Waals surface area contributed by atoms with Gasteiger partial charge in [-0.2, -0.15) is 0 Å². The van der Waals surface area contributed by atoms with E-state index in [9.17, 15) is 73.2 Å². The summed E-state index contributed by atoms with van der Waals surface area (Å²) in [5, 5.41) is 64.4. The number of phenolic OH excluding ortho intramolecular Hbond substituents is 1. The molecular weight excluding hydrogens is 1230 g/mol. The number of benzene rings is 3. The van der Waals surface area contributed by atoms with Gasteiger partial charge in [-0.05, 0) is 85.3 Å². The number of carbonyl (C=O) groups excluding carboxylic acids is 10. The van der Waals surface area contributed by atoms with Crippen LogP contribution in [0.4, 0.5) is 0 Å². The number of nitrogens with two attached hydrogens (primary N) is 3.